The smallest absolute Gasteiger partial charge is 0.408 e. The Labute approximate surface area is 88.9 Å². The molecule has 0 aromatic carbocycles. The van der Waals surface area contributed by atoms with Crippen molar-refractivity contribution >= 4 is 23.5 Å². The molecule has 0 saturated heterocycles. The van der Waals surface area contributed by atoms with Gasteiger partial charge in [-0.05, 0) is 27.7 Å². The van der Waals surface area contributed by atoms with Crippen molar-refractivity contribution in [3.05, 3.63) is 0 Å². The molecule has 0 saturated carbocycles. The van der Waals surface area contributed by atoms with Gasteiger partial charge in [-0.2, -0.15) is 0 Å². The van der Waals surface area contributed by atoms with Gasteiger partial charge in [0.2, 0.25) is 0 Å². The van der Waals surface area contributed by atoms with Crippen LogP contribution < -0.4 is 5.32 Å². The fourth-order valence-electron chi connectivity index (χ4n) is 0.681. The maximum Gasteiger partial charge on any atom is 0.408 e. The van der Waals surface area contributed by atoms with Crippen LogP contribution in [0.1, 0.15) is 27.7 Å². The van der Waals surface area contributed by atoms with E-state index in [1.54, 1.807) is 27.7 Å². The van der Waals surface area contributed by atoms with Gasteiger partial charge in [0, 0.05) is 0 Å². The van der Waals surface area contributed by atoms with Crippen molar-refractivity contribution in [1.29, 1.82) is 0 Å². The fraction of sp³-hybridized carbons (Fsp3) is 0.778. The number of ether oxygens (including phenoxy) is 1. The van der Waals surface area contributed by atoms with E-state index in [0.29, 0.717) is 0 Å². The normalized spacial score (nSPS) is 13.2. The summed E-state index contributed by atoms with van der Waals surface area (Å²) < 4.78 is 4.96. The summed E-state index contributed by atoms with van der Waals surface area (Å²) in [7, 11) is 0. The second-order valence-electron chi connectivity index (χ2n) is 3.97. The number of hydrogen-bond acceptors (Lipinski definition) is 3. The minimum atomic E-state index is -0.609. The van der Waals surface area contributed by atoms with Crippen molar-refractivity contribution in [3.8, 4) is 0 Å². The topological polar surface area (TPSA) is 55.4 Å². The molecule has 82 valence electrons. The van der Waals surface area contributed by atoms with Crippen LogP contribution in [0.4, 0.5) is 4.79 Å². The van der Waals surface area contributed by atoms with Gasteiger partial charge in [0.25, 0.3) is 0 Å². The molecule has 0 bridgehead atoms. The molecule has 4 nitrogen and oxygen atoms in total. The molecule has 0 aromatic rings. The van der Waals surface area contributed by atoms with Crippen molar-refractivity contribution in [2.45, 2.75) is 39.3 Å². The summed E-state index contributed by atoms with van der Waals surface area (Å²) in [5.74, 6) is -0.353. The highest BCUT2D eigenvalue weighted by atomic mass is 35.5. The van der Waals surface area contributed by atoms with Gasteiger partial charge in [-0.25, -0.2) is 4.79 Å². The molecular weight excluding hydrogens is 206 g/mol. The molecule has 5 heteroatoms. The van der Waals surface area contributed by atoms with E-state index >= 15 is 0 Å². The van der Waals surface area contributed by atoms with Crippen molar-refractivity contribution in [2.75, 3.05) is 5.88 Å². The molecule has 0 heterocycles. The van der Waals surface area contributed by atoms with Gasteiger partial charge < -0.3 is 10.1 Å². The molecule has 1 N–H and O–H groups in total. The molecule has 0 aliphatic carbocycles. The van der Waals surface area contributed by atoms with Crippen LogP contribution in [0.2, 0.25) is 0 Å². The molecule has 0 unspecified atom stereocenters. The predicted octanol–water partition coefficient (Wildman–Crippen LogP) is 1.71. The Morgan fingerprint density at radius 2 is 1.93 bits per heavy atom. The van der Waals surface area contributed by atoms with Crippen LogP contribution in [0.15, 0.2) is 0 Å². The van der Waals surface area contributed by atoms with Crippen LogP contribution >= 0.6 is 11.6 Å². The zero-order valence-corrected chi connectivity index (χ0v) is 9.64. The van der Waals surface area contributed by atoms with Crippen LogP contribution in [-0.2, 0) is 9.53 Å². The molecule has 0 rings (SSSR count). The summed E-state index contributed by atoms with van der Waals surface area (Å²) >= 11 is 5.32. The zero-order valence-electron chi connectivity index (χ0n) is 8.89. The summed E-state index contributed by atoms with van der Waals surface area (Å²) in [6.45, 7) is 6.82. The number of Topliss-reactive ketones (excluding diaryl/α,β-unsaturated/α-hetero) is 1. The van der Waals surface area contributed by atoms with Crippen molar-refractivity contribution in [1.82, 2.24) is 5.32 Å². The second-order valence-corrected chi connectivity index (χ2v) is 4.24. The number of carbonyl (C=O) groups is 2. The maximum atomic E-state index is 11.2. The number of nitrogens with one attached hydrogen (secondary N) is 1. The van der Waals surface area contributed by atoms with Gasteiger partial charge in [0.15, 0.2) is 5.78 Å². The standard InChI is InChI=1S/C9H16ClNO3/c1-6(7(12)5-10)11-8(13)14-9(2,3)4/h6H,5H2,1-4H3,(H,11,13)/t6-/m1/s1. The highest BCUT2D eigenvalue weighted by Gasteiger charge is 2.20. The van der Waals surface area contributed by atoms with Crippen molar-refractivity contribution in [3.63, 3.8) is 0 Å². The van der Waals surface area contributed by atoms with E-state index in [2.05, 4.69) is 5.32 Å². The Hall–Kier alpha value is -0.770. The number of carbonyl (C=O) groups excluding carboxylic acids is 2. The average Bonchev–Trinajstić information content (AvgIpc) is 1.99. The van der Waals surface area contributed by atoms with Gasteiger partial charge in [-0.3, -0.25) is 4.79 Å². The summed E-state index contributed by atoms with van der Waals surface area (Å²) in [5, 5.41) is 2.39. The van der Waals surface area contributed by atoms with Gasteiger partial charge in [-0.1, -0.05) is 0 Å². The number of hydrogen-bond donors (Lipinski definition) is 1. The molecule has 0 fully saturated rings. The zero-order chi connectivity index (χ0) is 11.4. The third-order valence-corrected chi connectivity index (χ3v) is 1.61. The molecule has 0 spiro atoms. The van der Waals surface area contributed by atoms with Crippen LogP contribution in [0.3, 0.4) is 0 Å². The minimum absolute atomic E-state index is 0.114. The Bertz CT molecular complexity index is 223. The van der Waals surface area contributed by atoms with Crippen LogP contribution in [-0.4, -0.2) is 29.4 Å². The molecule has 14 heavy (non-hydrogen) atoms. The highest BCUT2D eigenvalue weighted by Crippen LogP contribution is 2.06. The quantitative estimate of drug-likeness (QED) is 0.739. The van der Waals surface area contributed by atoms with Crippen LogP contribution in [0.25, 0.3) is 0 Å². The Kier molecular flexibility index (Phi) is 4.91. The molecule has 0 radical (unpaired) electrons. The lowest BCUT2D eigenvalue weighted by Crippen LogP contribution is -2.42. The first kappa shape index (κ1) is 13.2. The third-order valence-electron chi connectivity index (χ3n) is 1.35. The minimum Gasteiger partial charge on any atom is -0.444 e. The molecule has 0 aromatic heterocycles. The first-order chi connectivity index (χ1) is 6.26. The Morgan fingerprint density at radius 1 is 1.43 bits per heavy atom. The van der Waals surface area contributed by atoms with Gasteiger partial charge in [0.05, 0.1) is 11.9 Å². The fourth-order valence-corrected chi connectivity index (χ4v) is 0.912. The monoisotopic (exact) mass is 221 g/mol. The van der Waals surface area contributed by atoms with Crippen LogP contribution in [0, 0.1) is 0 Å². The third kappa shape index (κ3) is 5.80. The Morgan fingerprint density at radius 3 is 2.29 bits per heavy atom. The Balaban J connectivity index is 4.01. The largest absolute Gasteiger partial charge is 0.444 e. The van der Waals surface area contributed by atoms with E-state index in [4.69, 9.17) is 16.3 Å². The van der Waals surface area contributed by atoms with Gasteiger partial charge in [-0.15, -0.1) is 11.6 Å². The van der Waals surface area contributed by atoms with E-state index in [1.807, 2.05) is 0 Å². The summed E-state index contributed by atoms with van der Waals surface area (Å²) in [5.41, 5.74) is -0.562. The van der Waals surface area contributed by atoms with E-state index in [0.717, 1.165) is 0 Å². The summed E-state index contributed by atoms with van der Waals surface area (Å²) in [6.07, 6.45) is -0.608. The maximum absolute atomic E-state index is 11.2. The van der Waals surface area contributed by atoms with Crippen LogP contribution in [0.5, 0.6) is 0 Å². The van der Waals surface area contributed by atoms with Gasteiger partial charge >= 0.3 is 6.09 Å². The molecule has 1 amide bonds. The number of halogens is 1. The number of alkyl halides is 1. The lowest BCUT2D eigenvalue weighted by Gasteiger charge is -2.21. The van der Waals surface area contributed by atoms with Crippen molar-refractivity contribution < 1.29 is 14.3 Å². The number of ketones is 1. The highest BCUT2D eigenvalue weighted by molar-refractivity contribution is 6.28. The first-order valence-corrected chi connectivity index (χ1v) is 4.88. The van der Waals surface area contributed by atoms with Crippen molar-refractivity contribution in [2.24, 2.45) is 0 Å². The number of amides is 1. The SMILES string of the molecule is C[C@@H](NC(=O)OC(C)(C)C)C(=O)CCl. The molecule has 0 aliphatic rings. The molecule has 1 atom stereocenters. The van der Waals surface area contributed by atoms with E-state index < -0.39 is 17.7 Å². The summed E-state index contributed by atoms with van der Waals surface area (Å²) in [4.78, 5) is 22.2. The predicted molar refractivity (Wildman–Crippen MR) is 54.6 cm³/mol. The lowest BCUT2D eigenvalue weighted by atomic mass is 10.2. The molecular formula is C9H16ClNO3. The van der Waals surface area contributed by atoms with Gasteiger partial charge in [0.1, 0.15) is 5.60 Å². The average molecular weight is 222 g/mol. The van der Waals surface area contributed by atoms with E-state index in [1.165, 1.54) is 0 Å². The first-order valence-electron chi connectivity index (χ1n) is 4.34. The van der Waals surface area contributed by atoms with E-state index in [-0.39, 0.29) is 11.7 Å². The number of alkyl carbamates (subject to hydrolysis) is 1. The summed E-state index contributed by atoms with van der Waals surface area (Å²) in [6, 6.07) is -0.609. The molecule has 0 aliphatic heterocycles. The number of rotatable bonds is 3. The second kappa shape index (κ2) is 5.20. The lowest BCUT2D eigenvalue weighted by molar-refractivity contribution is -0.118. The van der Waals surface area contributed by atoms with E-state index in [9.17, 15) is 9.59 Å².